The van der Waals surface area contributed by atoms with Crippen LogP contribution in [0.4, 0.5) is 5.13 Å². The highest BCUT2D eigenvalue weighted by molar-refractivity contribution is 7.22. The van der Waals surface area contributed by atoms with Crippen molar-refractivity contribution in [2.24, 2.45) is 7.05 Å². The third-order valence-electron chi connectivity index (χ3n) is 4.50. The first-order valence-electron chi connectivity index (χ1n) is 7.97. The van der Waals surface area contributed by atoms with Crippen molar-refractivity contribution in [2.75, 3.05) is 31.7 Å². The Hall–Kier alpha value is -2.12. The van der Waals surface area contributed by atoms with Gasteiger partial charge in [0, 0.05) is 20.4 Å². The minimum Gasteiger partial charge on any atom is -0.494 e. The van der Waals surface area contributed by atoms with Gasteiger partial charge in [0.1, 0.15) is 11.4 Å². The second kappa shape index (κ2) is 5.75. The fourth-order valence-corrected chi connectivity index (χ4v) is 4.20. The van der Waals surface area contributed by atoms with Crippen molar-refractivity contribution in [3.8, 4) is 5.75 Å². The largest absolute Gasteiger partial charge is 0.494 e. The molecule has 3 aromatic rings. The van der Waals surface area contributed by atoms with Gasteiger partial charge in [-0.2, -0.15) is 5.10 Å². The number of fused-ring (bicyclic) bond motifs is 1. The van der Waals surface area contributed by atoms with E-state index in [9.17, 15) is 0 Å². The van der Waals surface area contributed by atoms with Crippen LogP contribution in [0.2, 0.25) is 0 Å². The third kappa shape index (κ3) is 2.35. The summed E-state index contributed by atoms with van der Waals surface area (Å²) in [6.07, 6.45) is 1.81. The Morgan fingerprint density at radius 1 is 1.29 bits per heavy atom. The molecule has 126 valence electrons. The number of hydrogen-bond donors (Lipinski definition) is 0. The van der Waals surface area contributed by atoms with Crippen LogP contribution in [0.25, 0.3) is 10.2 Å². The Morgan fingerprint density at radius 2 is 2.12 bits per heavy atom. The zero-order valence-corrected chi connectivity index (χ0v) is 14.8. The number of nitrogens with zero attached hydrogens (tertiary/aromatic N) is 4. The fraction of sp³-hybridized carbons (Fsp3) is 0.412. The van der Waals surface area contributed by atoms with Gasteiger partial charge >= 0.3 is 0 Å². The van der Waals surface area contributed by atoms with E-state index in [-0.39, 0.29) is 5.60 Å². The van der Waals surface area contributed by atoms with E-state index in [1.54, 1.807) is 18.4 Å². The van der Waals surface area contributed by atoms with E-state index in [4.69, 9.17) is 14.5 Å². The molecule has 1 fully saturated rings. The number of rotatable bonds is 5. The number of aromatic nitrogens is 3. The smallest absolute Gasteiger partial charge is 0.186 e. The monoisotopic (exact) mass is 344 g/mol. The molecule has 0 atom stereocenters. The van der Waals surface area contributed by atoms with Crippen LogP contribution >= 0.6 is 11.3 Å². The summed E-state index contributed by atoms with van der Waals surface area (Å²) in [7, 11) is 3.71. The van der Waals surface area contributed by atoms with Crippen LogP contribution in [0, 0.1) is 0 Å². The first-order chi connectivity index (χ1) is 11.6. The number of thiazole rings is 1. The molecule has 1 aliphatic heterocycles. The van der Waals surface area contributed by atoms with Gasteiger partial charge in [0.25, 0.3) is 0 Å². The summed E-state index contributed by atoms with van der Waals surface area (Å²) in [5.41, 5.74) is 1.80. The van der Waals surface area contributed by atoms with Crippen molar-refractivity contribution >= 4 is 26.7 Å². The summed E-state index contributed by atoms with van der Waals surface area (Å²) < 4.78 is 14.4. The van der Waals surface area contributed by atoms with E-state index in [0.717, 1.165) is 39.9 Å². The molecule has 0 spiro atoms. The van der Waals surface area contributed by atoms with Crippen molar-refractivity contribution in [3.05, 3.63) is 36.2 Å². The highest BCUT2D eigenvalue weighted by Crippen LogP contribution is 2.41. The number of methoxy groups -OCH3 is 1. The molecular weight excluding hydrogens is 324 g/mol. The molecule has 4 rings (SSSR count). The summed E-state index contributed by atoms with van der Waals surface area (Å²) in [6.45, 7) is 4.22. The van der Waals surface area contributed by atoms with Gasteiger partial charge in [0.05, 0.1) is 35.6 Å². The van der Waals surface area contributed by atoms with Crippen LogP contribution in [0.15, 0.2) is 30.5 Å². The average Bonchev–Trinajstić information content (AvgIpc) is 3.14. The Kier molecular flexibility index (Phi) is 3.69. The van der Waals surface area contributed by atoms with Gasteiger partial charge in [-0.1, -0.05) is 11.3 Å². The van der Waals surface area contributed by atoms with Crippen molar-refractivity contribution < 1.29 is 9.47 Å². The second-order valence-corrected chi connectivity index (χ2v) is 6.96. The summed E-state index contributed by atoms with van der Waals surface area (Å²) in [4.78, 5) is 7.00. The first kappa shape index (κ1) is 15.4. The molecule has 1 saturated heterocycles. The molecule has 0 bridgehead atoms. The maximum absolute atomic E-state index is 5.83. The molecule has 6 nitrogen and oxygen atoms in total. The molecule has 0 aliphatic carbocycles. The molecule has 0 unspecified atom stereocenters. The molecule has 3 heterocycles. The SMILES string of the molecule is CCOc1ccc2nc(N3CC(OC)(c4ccnn4C)C3)sc2c1. The third-order valence-corrected chi connectivity index (χ3v) is 5.58. The number of aryl methyl sites for hydroxylation is 1. The standard InChI is InChI=1S/C17H20N4O2S/c1-4-23-12-5-6-13-14(9-12)24-16(19-13)21-10-17(11-21,22-3)15-7-8-18-20(15)2/h5-9H,4,10-11H2,1-3H3. The zero-order valence-electron chi connectivity index (χ0n) is 14.0. The lowest BCUT2D eigenvalue weighted by molar-refractivity contribution is -0.0444. The average molecular weight is 344 g/mol. The number of benzene rings is 1. The lowest BCUT2D eigenvalue weighted by Gasteiger charge is -2.48. The van der Waals surface area contributed by atoms with Gasteiger partial charge in [0.2, 0.25) is 0 Å². The molecule has 7 heteroatoms. The van der Waals surface area contributed by atoms with Crippen molar-refractivity contribution in [3.63, 3.8) is 0 Å². The van der Waals surface area contributed by atoms with Crippen LogP contribution in [0.3, 0.4) is 0 Å². The van der Waals surface area contributed by atoms with Crippen molar-refractivity contribution in [2.45, 2.75) is 12.5 Å². The predicted molar refractivity (Wildman–Crippen MR) is 94.9 cm³/mol. The lowest BCUT2D eigenvalue weighted by atomic mass is 9.90. The number of hydrogen-bond acceptors (Lipinski definition) is 6. The first-order valence-corrected chi connectivity index (χ1v) is 8.79. The number of anilines is 1. The summed E-state index contributed by atoms with van der Waals surface area (Å²) in [5.74, 6) is 0.893. The van der Waals surface area contributed by atoms with Crippen LogP contribution < -0.4 is 9.64 Å². The fourth-order valence-electron chi connectivity index (χ4n) is 3.21. The molecule has 2 aromatic heterocycles. The molecule has 24 heavy (non-hydrogen) atoms. The zero-order chi connectivity index (χ0) is 16.7. The molecule has 0 saturated carbocycles. The normalized spacial score (nSPS) is 16.4. The van der Waals surface area contributed by atoms with Gasteiger partial charge in [-0.15, -0.1) is 0 Å². The van der Waals surface area contributed by atoms with Gasteiger partial charge in [-0.25, -0.2) is 4.98 Å². The summed E-state index contributed by atoms with van der Waals surface area (Å²) in [5, 5.41) is 5.29. The van der Waals surface area contributed by atoms with E-state index in [1.807, 2.05) is 43.0 Å². The van der Waals surface area contributed by atoms with Gasteiger partial charge in [-0.3, -0.25) is 4.68 Å². The van der Waals surface area contributed by atoms with Gasteiger partial charge in [-0.05, 0) is 31.2 Å². The van der Waals surface area contributed by atoms with Gasteiger partial charge < -0.3 is 14.4 Å². The second-order valence-electron chi connectivity index (χ2n) is 5.95. The topological polar surface area (TPSA) is 52.4 Å². The lowest BCUT2D eigenvalue weighted by Crippen LogP contribution is -2.61. The maximum atomic E-state index is 5.83. The molecule has 0 amide bonds. The van der Waals surface area contributed by atoms with E-state index in [2.05, 4.69) is 16.1 Å². The van der Waals surface area contributed by atoms with Crippen LogP contribution in [-0.4, -0.2) is 41.6 Å². The molecule has 1 aliphatic rings. The molecule has 0 radical (unpaired) electrons. The highest BCUT2D eigenvalue weighted by Gasteiger charge is 2.47. The quantitative estimate of drug-likeness (QED) is 0.712. The van der Waals surface area contributed by atoms with E-state index in [0.29, 0.717) is 6.61 Å². The van der Waals surface area contributed by atoms with E-state index >= 15 is 0 Å². The highest BCUT2D eigenvalue weighted by atomic mass is 32.1. The molecule has 0 N–H and O–H groups in total. The van der Waals surface area contributed by atoms with Crippen LogP contribution in [0.1, 0.15) is 12.6 Å². The van der Waals surface area contributed by atoms with Crippen LogP contribution in [0.5, 0.6) is 5.75 Å². The van der Waals surface area contributed by atoms with Gasteiger partial charge in [0.15, 0.2) is 5.13 Å². The Morgan fingerprint density at radius 3 is 2.79 bits per heavy atom. The minimum atomic E-state index is -0.306. The summed E-state index contributed by atoms with van der Waals surface area (Å²) in [6, 6.07) is 8.07. The Labute approximate surface area is 144 Å². The molecular formula is C17H20N4O2S. The Balaban J connectivity index is 1.58. The van der Waals surface area contributed by atoms with Crippen LogP contribution in [-0.2, 0) is 17.4 Å². The van der Waals surface area contributed by atoms with Crippen molar-refractivity contribution in [1.82, 2.24) is 14.8 Å². The summed E-state index contributed by atoms with van der Waals surface area (Å²) >= 11 is 1.69. The van der Waals surface area contributed by atoms with E-state index in [1.165, 1.54) is 0 Å². The van der Waals surface area contributed by atoms with Crippen molar-refractivity contribution in [1.29, 1.82) is 0 Å². The predicted octanol–water partition coefficient (Wildman–Crippen LogP) is 2.79. The maximum Gasteiger partial charge on any atom is 0.186 e. The molecule has 1 aromatic carbocycles. The Bertz CT molecular complexity index is 866. The number of ether oxygens (including phenoxy) is 2. The minimum absolute atomic E-state index is 0.306. The van der Waals surface area contributed by atoms with E-state index < -0.39 is 0 Å².